The molecule has 0 aliphatic heterocycles. The lowest BCUT2D eigenvalue weighted by Crippen LogP contribution is -2.43. The van der Waals surface area contributed by atoms with Crippen LogP contribution in [0, 0.1) is 0 Å². The third-order valence-corrected chi connectivity index (χ3v) is 5.89. The van der Waals surface area contributed by atoms with E-state index in [1.165, 1.54) is 22.4 Å². The molecule has 1 saturated carbocycles. The third-order valence-electron chi connectivity index (χ3n) is 4.56. The lowest BCUT2D eigenvalue weighted by atomic mass is 9.78. The van der Waals surface area contributed by atoms with Gasteiger partial charge in [-0.1, -0.05) is 0 Å². The summed E-state index contributed by atoms with van der Waals surface area (Å²) in [6.45, 7) is 0. The van der Waals surface area contributed by atoms with Gasteiger partial charge in [-0.15, -0.1) is 11.3 Å². The summed E-state index contributed by atoms with van der Waals surface area (Å²) in [6.07, 6.45) is 5.53. The summed E-state index contributed by atoms with van der Waals surface area (Å²) in [5.41, 5.74) is 10.0. The van der Waals surface area contributed by atoms with Crippen molar-refractivity contribution in [2.24, 2.45) is 5.73 Å². The van der Waals surface area contributed by atoms with Gasteiger partial charge in [0.05, 0.1) is 18.3 Å². The van der Waals surface area contributed by atoms with Gasteiger partial charge in [-0.25, -0.2) is 4.98 Å². The van der Waals surface area contributed by atoms with E-state index in [1.807, 2.05) is 17.4 Å². The van der Waals surface area contributed by atoms with Gasteiger partial charge in [0, 0.05) is 10.4 Å². The van der Waals surface area contributed by atoms with Gasteiger partial charge in [-0.05, 0) is 55.9 Å². The Balaban J connectivity index is 1.80. The Labute approximate surface area is 122 Å². The lowest BCUT2D eigenvalue weighted by molar-refractivity contribution is 0.253. The summed E-state index contributed by atoms with van der Waals surface area (Å²) in [7, 11) is 1.71. The molecule has 0 spiro atoms. The van der Waals surface area contributed by atoms with Crippen LogP contribution < -0.4 is 10.5 Å². The number of rotatable bonds is 2. The quantitative estimate of drug-likeness (QED) is 0.922. The predicted octanol–water partition coefficient (Wildman–Crippen LogP) is 3.26. The van der Waals surface area contributed by atoms with Crippen molar-refractivity contribution in [3.63, 3.8) is 0 Å². The number of nitrogens with two attached hydrogens (primary N) is 1. The largest absolute Gasteiger partial charge is 0.497 e. The molecule has 2 N–H and O–H groups in total. The lowest BCUT2D eigenvalue weighted by Gasteiger charge is -2.35. The zero-order valence-electron chi connectivity index (χ0n) is 11.6. The van der Waals surface area contributed by atoms with Crippen molar-refractivity contribution < 1.29 is 4.74 Å². The molecule has 4 heteroatoms. The number of nitrogens with zero attached hydrogens (tertiary/aromatic N) is 1. The van der Waals surface area contributed by atoms with Crippen LogP contribution in [0.15, 0.2) is 18.2 Å². The molecule has 3 nitrogen and oxygen atoms in total. The topological polar surface area (TPSA) is 48.1 Å². The van der Waals surface area contributed by atoms with Gasteiger partial charge in [0.1, 0.15) is 10.8 Å². The number of aromatic nitrogens is 1. The molecule has 0 bridgehead atoms. The summed E-state index contributed by atoms with van der Waals surface area (Å²) in [5, 5.41) is 1.14. The molecule has 1 aromatic heterocycles. The number of hydrogen-bond donors (Lipinski definition) is 1. The highest BCUT2D eigenvalue weighted by atomic mass is 32.1. The van der Waals surface area contributed by atoms with Gasteiger partial charge in [0.15, 0.2) is 0 Å². The maximum absolute atomic E-state index is 6.43. The Kier molecular flexibility index (Phi) is 2.66. The molecule has 20 heavy (non-hydrogen) atoms. The first-order valence-corrected chi connectivity index (χ1v) is 7.98. The highest BCUT2D eigenvalue weighted by Crippen LogP contribution is 2.45. The van der Waals surface area contributed by atoms with Crippen LogP contribution >= 0.6 is 11.3 Å². The summed E-state index contributed by atoms with van der Waals surface area (Å²) in [6, 6.07) is 6.30. The molecule has 2 aliphatic carbocycles. The van der Waals surface area contributed by atoms with Crippen LogP contribution in [-0.2, 0) is 18.4 Å². The van der Waals surface area contributed by atoms with E-state index in [0.717, 1.165) is 42.1 Å². The molecule has 2 aromatic rings. The van der Waals surface area contributed by atoms with Crippen LogP contribution in [0.5, 0.6) is 5.75 Å². The number of ether oxygens (including phenoxy) is 1. The SMILES string of the molecule is COc1ccc2c(c1)CCc1sc(C3(N)CCC3)nc1-2. The third kappa shape index (κ3) is 1.71. The molecule has 0 radical (unpaired) electrons. The summed E-state index contributed by atoms with van der Waals surface area (Å²) in [4.78, 5) is 6.29. The van der Waals surface area contributed by atoms with Crippen LogP contribution in [0.4, 0.5) is 0 Å². The normalized spacial score (nSPS) is 18.9. The van der Waals surface area contributed by atoms with Gasteiger partial charge in [-0.3, -0.25) is 0 Å². The standard InChI is InChI=1S/C16H18N2OS/c1-19-11-4-5-12-10(9-11)3-6-13-14(12)18-15(20-13)16(17)7-2-8-16/h4-5,9H,2-3,6-8,17H2,1H3. The van der Waals surface area contributed by atoms with E-state index >= 15 is 0 Å². The average Bonchev–Trinajstić information content (AvgIpc) is 2.88. The van der Waals surface area contributed by atoms with Crippen LogP contribution in [0.1, 0.15) is 34.7 Å². The second kappa shape index (κ2) is 4.30. The van der Waals surface area contributed by atoms with E-state index in [2.05, 4.69) is 12.1 Å². The minimum absolute atomic E-state index is 0.144. The van der Waals surface area contributed by atoms with Crippen molar-refractivity contribution in [3.8, 4) is 17.0 Å². The molecule has 0 saturated heterocycles. The molecule has 1 fully saturated rings. The maximum Gasteiger partial charge on any atom is 0.119 e. The Morgan fingerprint density at radius 3 is 2.85 bits per heavy atom. The van der Waals surface area contributed by atoms with E-state index in [1.54, 1.807) is 7.11 Å². The molecule has 4 rings (SSSR count). The van der Waals surface area contributed by atoms with Crippen LogP contribution in [0.2, 0.25) is 0 Å². The number of aryl methyl sites for hydroxylation is 2. The fourth-order valence-corrected chi connectivity index (χ4v) is 4.33. The van der Waals surface area contributed by atoms with Gasteiger partial charge in [-0.2, -0.15) is 0 Å². The summed E-state index contributed by atoms with van der Waals surface area (Å²) >= 11 is 1.82. The first kappa shape index (κ1) is 12.4. The van der Waals surface area contributed by atoms with E-state index < -0.39 is 0 Å². The van der Waals surface area contributed by atoms with Gasteiger partial charge < -0.3 is 10.5 Å². The first-order valence-electron chi connectivity index (χ1n) is 7.16. The van der Waals surface area contributed by atoms with Crippen molar-refractivity contribution in [1.82, 2.24) is 4.98 Å². The Morgan fingerprint density at radius 2 is 2.15 bits per heavy atom. The first-order chi connectivity index (χ1) is 9.69. The minimum atomic E-state index is -0.144. The molecule has 0 amide bonds. The van der Waals surface area contributed by atoms with Crippen molar-refractivity contribution in [3.05, 3.63) is 33.6 Å². The van der Waals surface area contributed by atoms with Crippen molar-refractivity contribution in [1.29, 1.82) is 0 Å². The molecule has 0 atom stereocenters. The van der Waals surface area contributed by atoms with Crippen LogP contribution in [0.3, 0.4) is 0 Å². The Morgan fingerprint density at radius 1 is 1.30 bits per heavy atom. The summed E-state index contributed by atoms with van der Waals surface area (Å²) < 4.78 is 5.32. The van der Waals surface area contributed by atoms with Crippen molar-refractivity contribution in [2.45, 2.75) is 37.6 Å². The molecule has 1 aromatic carbocycles. The zero-order valence-corrected chi connectivity index (χ0v) is 12.4. The van der Waals surface area contributed by atoms with Gasteiger partial charge in [0.25, 0.3) is 0 Å². The molecular formula is C16H18N2OS. The second-order valence-corrected chi connectivity index (χ2v) is 6.91. The highest BCUT2D eigenvalue weighted by Gasteiger charge is 2.38. The maximum atomic E-state index is 6.43. The van der Waals surface area contributed by atoms with Crippen LogP contribution in [-0.4, -0.2) is 12.1 Å². The summed E-state index contributed by atoms with van der Waals surface area (Å²) in [5.74, 6) is 0.928. The number of thiazole rings is 1. The average molecular weight is 286 g/mol. The fraction of sp³-hybridized carbons (Fsp3) is 0.438. The molecule has 104 valence electrons. The number of benzene rings is 1. The minimum Gasteiger partial charge on any atom is -0.497 e. The molecular weight excluding hydrogens is 268 g/mol. The molecule has 0 unspecified atom stereocenters. The van der Waals surface area contributed by atoms with Crippen molar-refractivity contribution >= 4 is 11.3 Å². The molecule has 2 aliphatic rings. The van der Waals surface area contributed by atoms with E-state index in [4.69, 9.17) is 15.5 Å². The monoisotopic (exact) mass is 286 g/mol. The van der Waals surface area contributed by atoms with Crippen LogP contribution in [0.25, 0.3) is 11.3 Å². The highest BCUT2D eigenvalue weighted by molar-refractivity contribution is 7.12. The smallest absolute Gasteiger partial charge is 0.119 e. The Hall–Kier alpha value is -1.39. The van der Waals surface area contributed by atoms with Gasteiger partial charge >= 0.3 is 0 Å². The molecule has 1 heterocycles. The van der Waals surface area contributed by atoms with Gasteiger partial charge in [0.2, 0.25) is 0 Å². The van der Waals surface area contributed by atoms with E-state index in [9.17, 15) is 0 Å². The second-order valence-electron chi connectivity index (χ2n) is 5.82. The van der Waals surface area contributed by atoms with E-state index in [-0.39, 0.29) is 5.54 Å². The Bertz CT molecular complexity index is 673. The number of fused-ring (bicyclic) bond motifs is 3. The number of hydrogen-bond acceptors (Lipinski definition) is 4. The fourth-order valence-electron chi connectivity index (χ4n) is 3.10. The van der Waals surface area contributed by atoms with E-state index in [0.29, 0.717) is 0 Å². The number of methoxy groups -OCH3 is 1. The predicted molar refractivity (Wildman–Crippen MR) is 81.2 cm³/mol. The van der Waals surface area contributed by atoms with Crippen molar-refractivity contribution in [2.75, 3.05) is 7.11 Å². The zero-order chi connectivity index (χ0) is 13.7.